The van der Waals surface area contributed by atoms with Gasteiger partial charge in [-0.2, -0.15) is 0 Å². The third-order valence-electron chi connectivity index (χ3n) is 4.37. The summed E-state index contributed by atoms with van der Waals surface area (Å²) in [6, 6.07) is 13.7. The molecule has 2 aromatic rings. The molecule has 0 saturated heterocycles. The number of carbonyl (C=O) groups is 3. The molecule has 1 amide bonds. The van der Waals surface area contributed by atoms with Crippen LogP contribution < -0.4 is 4.90 Å². The average Bonchev–Trinajstić information content (AvgIpc) is 2.98. The van der Waals surface area contributed by atoms with Crippen molar-refractivity contribution in [3.8, 4) is 0 Å². The Morgan fingerprint density at radius 1 is 1.03 bits per heavy atom. The summed E-state index contributed by atoms with van der Waals surface area (Å²) in [5.41, 5.74) is 1.81. The van der Waals surface area contributed by atoms with Crippen LogP contribution >= 0.6 is 0 Å². The third kappa shape index (κ3) is 5.28. The summed E-state index contributed by atoms with van der Waals surface area (Å²) >= 11 is 0. The lowest BCUT2D eigenvalue weighted by atomic mass is 10.1. The minimum Gasteiger partial charge on any atom is -0.465 e. The molecule has 1 aliphatic rings. The van der Waals surface area contributed by atoms with Gasteiger partial charge in [0.05, 0.1) is 18.4 Å². The van der Waals surface area contributed by atoms with Crippen molar-refractivity contribution in [3.63, 3.8) is 0 Å². The van der Waals surface area contributed by atoms with E-state index < -0.39 is 23.4 Å². The fraction of sp³-hybridized carbons (Fsp3) is 0.304. The smallest absolute Gasteiger partial charge is 0.337 e. The Bertz CT molecular complexity index is 1020. The summed E-state index contributed by atoms with van der Waals surface area (Å²) in [5.74, 6) is -1.37. The van der Waals surface area contributed by atoms with E-state index in [0.717, 1.165) is 5.56 Å². The predicted octanol–water partition coefficient (Wildman–Crippen LogP) is 3.08. The summed E-state index contributed by atoms with van der Waals surface area (Å²) in [5, 5.41) is 4.03. The molecule has 2 aromatic carbocycles. The minimum absolute atomic E-state index is 0.104. The first-order valence-corrected chi connectivity index (χ1v) is 9.70. The molecule has 1 heterocycles. The highest BCUT2D eigenvalue weighted by molar-refractivity contribution is 6.54. The fourth-order valence-corrected chi connectivity index (χ4v) is 3.04. The number of methoxy groups -OCH3 is 1. The zero-order chi connectivity index (χ0) is 22.6. The van der Waals surface area contributed by atoms with E-state index in [1.54, 1.807) is 69.3 Å². The Kier molecular flexibility index (Phi) is 6.39. The van der Waals surface area contributed by atoms with Crippen molar-refractivity contribution < 1.29 is 28.7 Å². The van der Waals surface area contributed by atoms with Gasteiger partial charge in [-0.25, -0.2) is 4.79 Å². The molecule has 0 aliphatic carbocycles. The van der Waals surface area contributed by atoms with Crippen molar-refractivity contribution in [1.29, 1.82) is 0 Å². The summed E-state index contributed by atoms with van der Waals surface area (Å²) in [7, 11) is 1.32. The summed E-state index contributed by atoms with van der Waals surface area (Å²) < 4.78 is 10.0. The van der Waals surface area contributed by atoms with Crippen LogP contribution in [0.25, 0.3) is 0 Å². The van der Waals surface area contributed by atoms with E-state index in [2.05, 4.69) is 9.89 Å². The zero-order valence-electron chi connectivity index (χ0n) is 17.9. The van der Waals surface area contributed by atoms with Crippen LogP contribution in [0, 0.1) is 0 Å². The van der Waals surface area contributed by atoms with Gasteiger partial charge in [0.1, 0.15) is 18.8 Å². The second-order valence-electron chi connectivity index (χ2n) is 7.90. The molecule has 0 aromatic heterocycles. The van der Waals surface area contributed by atoms with E-state index in [9.17, 15) is 14.4 Å². The quantitative estimate of drug-likeness (QED) is 0.523. The van der Waals surface area contributed by atoms with Gasteiger partial charge >= 0.3 is 11.9 Å². The minimum atomic E-state index is -0.650. The van der Waals surface area contributed by atoms with Gasteiger partial charge in [0.25, 0.3) is 5.91 Å². The lowest BCUT2D eigenvalue weighted by Crippen LogP contribution is -2.38. The number of nitrogens with zero attached hydrogens (tertiary/aromatic N) is 2. The van der Waals surface area contributed by atoms with Gasteiger partial charge < -0.3 is 14.3 Å². The molecule has 0 spiro atoms. The predicted molar refractivity (Wildman–Crippen MR) is 114 cm³/mol. The van der Waals surface area contributed by atoms with Gasteiger partial charge in [-0.15, -0.1) is 0 Å². The largest absolute Gasteiger partial charge is 0.465 e. The number of carbonyl (C=O) groups excluding carboxylic acids is 3. The van der Waals surface area contributed by atoms with Crippen LogP contribution in [0.4, 0.5) is 5.69 Å². The Morgan fingerprint density at radius 3 is 2.35 bits per heavy atom. The molecule has 8 nitrogen and oxygen atoms in total. The number of rotatable bonds is 6. The molecule has 162 valence electrons. The first-order valence-electron chi connectivity index (χ1n) is 9.70. The molecule has 0 saturated carbocycles. The summed E-state index contributed by atoms with van der Waals surface area (Å²) in [4.78, 5) is 43.4. The maximum absolute atomic E-state index is 12.9. The van der Waals surface area contributed by atoms with Crippen LogP contribution in [0.2, 0.25) is 0 Å². The third-order valence-corrected chi connectivity index (χ3v) is 4.37. The Morgan fingerprint density at radius 2 is 1.71 bits per heavy atom. The normalized spacial score (nSPS) is 14.4. The van der Waals surface area contributed by atoms with Gasteiger partial charge in [-0.3, -0.25) is 14.5 Å². The highest BCUT2D eigenvalue weighted by atomic mass is 16.6. The molecule has 0 atom stereocenters. The molecule has 0 N–H and O–H groups in total. The molecule has 0 unspecified atom stereocenters. The standard InChI is InChI=1S/C23H24N2O6/c1-23(2,3)31-19(26)13-25-18-8-6-5-7-17(18)20(21(25)27)24-30-14-15-9-11-16(12-10-15)22(28)29-4/h5-12H,13-14H2,1-4H3/b24-20-. The zero-order valence-corrected chi connectivity index (χ0v) is 17.9. The molecule has 3 rings (SSSR count). The number of amides is 1. The summed E-state index contributed by atoms with van der Waals surface area (Å²) in [6.07, 6.45) is 0. The topological polar surface area (TPSA) is 94.5 Å². The van der Waals surface area contributed by atoms with Gasteiger partial charge in [0.15, 0.2) is 5.71 Å². The number of fused-ring (bicyclic) bond motifs is 1. The van der Waals surface area contributed by atoms with E-state index in [4.69, 9.17) is 9.57 Å². The van der Waals surface area contributed by atoms with Gasteiger partial charge in [0.2, 0.25) is 0 Å². The number of benzene rings is 2. The lowest BCUT2D eigenvalue weighted by molar-refractivity contribution is -0.153. The van der Waals surface area contributed by atoms with Crippen molar-refractivity contribution in [2.75, 3.05) is 18.6 Å². The molecule has 0 radical (unpaired) electrons. The second-order valence-corrected chi connectivity index (χ2v) is 7.90. The molecular formula is C23H24N2O6. The van der Waals surface area contributed by atoms with Crippen LogP contribution in [0.5, 0.6) is 0 Å². The first kappa shape index (κ1) is 22.0. The number of esters is 2. The van der Waals surface area contributed by atoms with Crippen molar-refractivity contribution >= 4 is 29.2 Å². The monoisotopic (exact) mass is 424 g/mol. The highest BCUT2D eigenvalue weighted by Gasteiger charge is 2.36. The number of ether oxygens (including phenoxy) is 2. The van der Waals surface area contributed by atoms with Crippen LogP contribution in [0.1, 0.15) is 42.3 Å². The maximum atomic E-state index is 12.9. The van der Waals surface area contributed by atoms with Gasteiger partial charge in [-0.1, -0.05) is 35.5 Å². The second kappa shape index (κ2) is 8.99. The van der Waals surface area contributed by atoms with Crippen LogP contribution in [-0.4, -0.2) is 42.8 Å². The lowest BCUT2D eigenvalue weighted by Gasteiger charge is -2.22. The number of hydrogen-bond acceptors (Lipinski definition) is 7. The number of para-hydroxylation sites is 1. The Labute approximate surface area is 180 Å². The fourth-order valence-electron chi connectivity index (χ4n) is 3.04. The van der Waals surface area contributed by atoms with Crippen molar-refractivity contribution in [2.45, 2.75) is 33.0 Å². The molecule has 31 heavy (non-hydrogen) atoms. The van der Waals surface area contributed by atoms with Crippen molar-refractivity contribution in [1.82, 2.24) is 0 Å². The SMILES string of the molecule is COC(=O)c1ccc(CO/N=C2\C(=O)N(CC(=O)OC(C)(C)C)c3ccccc32)cc1. The first-order chi connectivity index (χ1) is 14.7. The van der Waals surface area contributed by atoms with E-state index >= 15 is 0 Å². The van der Waals surface area contributed by atoms with E-state index in [1.165, 1.54) is 12.0 Å². The number of oxime groups is 1. The average molecular weight is 424 g/mol. The Balaban J connectivity index is 1.72. The molecular weight excluding hydrogens is 400 g/mol. The van der Waals surface area contributed by atoms with Crippen molar-refractivity contribution in [3.05, 3.63) is 65.2 Å². The van der Waals surface area contributed by atoms with E-state index in [-0.39, 0.29) is 18.9 Å². The highest BCUT2D eigenvalue weighted by Crippen LogP contribution is 2.29. The number of anilines is 1. The van der Waals surface area contributed by atoms with E-state index in [1.807, 2.05) is 0 Å². The molecule has 8 heteroatoms. The van der Waals surface area contributed by atoms with E-state index in [0.29, 0.717) is 16.8 Å². The van der Waals surface area contributed by atoms with Gasteiger partial charge in [0, 0.05) is 5.56 Å². The maximum Gasteiger partial charge on any atom is 0.337 e. The summed E-state index contributed by atoms with van der Waals surface area (Å²) in [6.45, 7) is 5.18. The van der Waals surface area contributed by atoms with Crippen molar-refractivity contribution in [2.24, 2.45) is 5.16 Å². The number of hydrogen-bond donors (Lipinski definition) is 0. The molecule has 0 bridgehead atoms. The van der Waals surface area contributed by atoms with Gasteiger partial charge in [-0.05, 0) is 44.5 Å². The Hall–Kier alpha value is -3.68. The molecule has 1 aliphatic heterocycles. The van der Waals surface area contributed by atoms with Crippen LogP contribution in [0.15, 0.2) is 53.7 Å². The van der Waals surface area contributed by atoms with Crippen LogP contribution in [0.3, 0.4) is 0 Å². The molecule has 0 fully saturated rings. The van der Waals surface area contributed by atoms with Crippen LogP contribution in [-0.2, 0) is 30.5 Å².